The van der Waals surface area contributed by atoms with Crippen LogP contribution in [0.15, 0.2) is 0 Å². The predicted octanol–water partition coefficient (Wildman–Crippen LogP) is -0.0435. The zero-order valence-corrected chi connectivity index (χ0v) is 7.55. The van der Waals surface area contributed by atoms with Gasteiger partial charge >= 0.3 is 0 Å². The molecule has 2 rings (SSSR count). The monoisotopic (exact) mass is 172 g/mol. The van der Waals surface area contributed by atoms with Gasteiger partial charge in [0.1, 0.15) is 0 Å². The second-order valence-corrected chi connectivity index (χ2v) is 4.03. The number of quaternary nitrogens is 1. The van der Waals surface area contributed by atoms with E-state index in [0.29, 0.717) is 6.04 Å². The molecule has 3 nitrogen and oxygen atoms in total. The van der Waals surface area contributed by atoms with E-state index in [1.807, 2.05) is 0 Å². The molecule has 1 aliphatic heterocycles. The van der Waals surface area contributed by atoms with E-state index >= 15 is 0 Å². The summed E-state index contributed by atoms with van der Waals surface area (Å²) in [6, 6.07) is 0.640. The highest BCUT2D eigenvalue weighted by Crippen LogP contribution is 2.32. The number of hydrogen-bond donors (Lipinski definition) is 1. The first kappa shape index (κ1) is 8.48. The van der Waals surface area contributed by atoms with Crippen molar-refractivity contribution in [1.29, 1.82) is 0 Å². The molecule has 0 aromatic carbocycles. The summed E-state index contributed by atoms with van der Waals surface area (Å²) in [6.07, 6.45) is 4.68. The fourth-order valence-corrected chi connectivity index (χ4v) is 2.11. The van der Waals surface area contributed by atoms with Gasteiger partial charge in [-0.3, -0.25) is 0 Å². The van der Waals surface area contributed by atoms with Crippen LogP contribution in [-0.2, 0) is 9.47 Å². The van der Waals surface area contributed by atoms with Crippen molar-refractivity contribution in [3.05, 3.63) is 0 Å². The molecule has 1 saturated carbocycles. The van der Waals surface area contributed by atoms with Crippen molar-refractivity contribution in [1.82, 2.24) is 0 Å². The summed E-state index contributed by atoms with van der Waals surface area (Å²) < 4.78 is 11.3. The first-order chi connectivity index (χ1) is 5.81. The summed E-state index contributed by atoms with van der Waals surface area (Å²) >= 11 is 0. The molecular weight excluding hydrogens is 154 g/mol. The van der Waals surface area contributed by atoms with E-state index < -0.39 is 0 Å². The molecule has 0 radical (unpaired) electrons. The molecule has 3 heteroatoms. The molecule has 3 N–H and O–H groups in total. The quantitative estimate of drug-likeness (QED) is 0.557. The van der Waals surface area contributed by atoms with Crippen molar-refractivity contribution in [3.8, 4) is 0 Å². The Balaban J connectivity index is 1.92. The molecule has 0 amide bonds. The fraction of sp³-hybridized carbons (Fsp3) is 1.00. The summed E-state index contributed by atoms with van der Waals surface area (Å²) in [7, 11) is 0. The van der Waals surface area contributed by atoms with Crippen LogP contribution in [-0.4, -0.2) is 31.5 Å². The van der Waals surface area contributed by atoms with Gasteiger partial charge in [0.15, 0.2) is 0 Å². The van der Waals surface area contributed by atoms with E-state index in [1.165, 1.54) is 12.8 Å². The van der Waals surface area contributed by atoms with Crippen molar-refractivity contribution in [3.63, 3.8) is 0 Å². The zero-order valence-electron chi connectivity index (χ0n) is 7.55. The molecule has 1 heterocycles. The standard InChI is InChI=1S/C9H17NO2/c10-8-1-3-9(4-2-8)7-11-5-6-12-9/h8H,1-7,10H2/p+1. The molecule has 0 aromatic heterocycles. The first-order valence-electron chi connectivity index (χ1n) is 4.86. The van der Waals surface area contributed by atoms with Crippen molar-refractivity contribution in [2.45, 2.75) is 37.3 Å². The Morgan fingerprint density at radius 1 is 1.17 bits per heavy atom. The predicted molar refractivity (Wildman–Crippen MR) is 44.6 cm³/mol. The Kier molecular flexibility index (Phi) is 2.35. The average Bonchev–Trinajstić information content (AvgIpc) is 2.13. The normalized spacial score (nSPS) is 43.2. The Morgan fingerprint density at radius 2 is 1.92 bits per heavy atom. The second-order valence-electron chi connectivity index (χ2n) is 4.03. The third kappa shape index (κ3) is 1.63. The van der Waals surface area contributed by atoms with Gasteiger partial charge in [-0.05, 0) is 12.8 Å². The number of ether oxygens (including phenoxy) is 2. The first-order valence-corrected chi connectivity index (χ1v) is 4.86. The van der Waals surface area contributed by atoms with Crippen LogP contribution >= 0.6 is 0 Å². The maximum absolute atomic E-state index is 5.80. The largest absolute Gasteiger partial charge is 0.376 e. The smallest absolute Gasteiger partial charge is 0.0920 e. The van der Waals surface area contributed by atoms with E-state index in [2.05, 4.69) is 5.73 Å². The summed E-state index contributed by atoms with van der Waals surface area (Å²) in [6.45, 7) is 2.36. The Labute approximate surface area is 73.2 Å². The van der Waals surface area contributed by atoms with Gasteiger partial charge in [0.2, 0.25) is 0 Å². The van der Waals surface area contributed by atoms with Crippen molar-refractivity contribution in [2.24, 2.45) is 0 Å². The van der Waals surface area contributed by atoms with Crippen molar-refractivity contribution >= 4 is 0 Å². The lowest BCUT2D eigenvalue weighted by Crippen LogP contribution is -2.64. The highest BCUT2D eigenvalue weighted by Gasteiger charge is 2.38. The molecule has 0 aromatic rings. The Morgan fingerprint density at radius 3 is 2.50 bits per heavy atom. The minimum absolute atomic E-state index is 0.0758. The van der Waals surface area contributed by atoms with E-state index in [0.717, 1.165) is 32.7 Å². The van der Waals surface area contributed by atoms with Crippen LogP contribution in [0, 0.1) is 0 Å². The van der Waals surface area contributed by atoms with Gasteiger partial charge in [0.05, 0.1) is 31.5 Å². The van der Waals surface area contributed by atoms with Crippen LogP contribution in [0.4, 0.5) is 0 Å². The summed E-state index contributed by atoms with van der Waals surface area (Å²) in [5, 5.41) is 0. The van der Waals surface area contributed by atoms with E-state index in [9.17, 15) is 0 Å². The maximum atomic E-state index is 5.80. The number of rotatable bonds is 0. The maximum Gasteiger partial charge on any atom is 0.0920 e. The molecule has 0 atom stereocenters. The molecule has 0 unspecified atom stereocenters. The van der Waals surface area contributed by atoms with Gasteiger partial charge in [-0.25, -0.2) is 0 Å². The van der Waals surface area contributed by atoms with E-state index in [4.69, 9.17) is 9.47 Å². The van der Waals surface area contributed by atoms with Gasteiger partial charge < -0.3 is 15.2 Å². The second kappa shape index (κ2) is 3.32. The highest BCUT2D eigenvalue weighted by molar-refractivity contribution is 4.88. The highest BCUT2D eigenvalue weighted by atomic mass is 16.6. The van der Waals surface area contributed by atoms with Gasteiger partial charge in [0.25, 0.3) is 0 Å². The minimum atomic E-state index is 0.0758. The van der Waals surface area contributed by atoms with Crippen LogP contribution in [0.5, 0.6) is 0 Å². The molecule has 70 valence electrons. The Bertz CT molecular complexity index is 145. The fourth-order valence-electron chi connectivity index (χ4n) is 2.11. The lowest BCUT2D eigenvalue weighted by atomic mass is 9.82. The topological polar surface area (TPSA) is 46.1 Å². The van der Waals surface area contributed by atoms with Crippen LogP contribution in [0.2, 0.25) is 0 Å². The minimum Gasteiger partial charge on any atom is -0.376 e. The zero-order chi connectivity index (χ0) is 8.44. The molecule has 12 heavy (non-hydrogen) atoms. The lowest BCUT2D eigenvalue weighted by Gasteiger charge is -2.40. The van der Waals surface area contributed by atoms with Crippen molar-refractivity contribution in [2.75, 3.05) is 19.8 Å². The van der Waals surface area contributed by atoms with Crippen LogP contribution in [0.1, 0.15) is 25.7 Å². The molecular formula is C9H18NO2+. The molecule has 2 fully saturated rings. The summed E-state index contributed by atoms with van der Waals surface area (Å²) in [5.41, 5.74) is 4.15. The molecule has 0 bridgehead atoms. The lowest BCUT2D eigenvalue weighted by molar-refractivity contribution is -0.430. The van der Waals surface area contributed by atoms with E-state index in [1.54, 1.807) is 0 Å². The SMILES string of the molecule is [NH3+]C1CCC2(CC1)COCCO2. The Hall–Kier alpha value is -0.120. The van der Waals surface area contributed by atoms with E-state index in [-0.39, 0.29) is 5.60 Å². The van der Waals surface area contributed by atoms with Gasteiger partial charge in [0, 0.05) is 12.8 Å². The van der Waals surface area contributed by atoms with Crippen molar-refractivity contribution < 1.29 is 15.2 Å². The van der Waals surface area contributed by atoms with Crippen LogP contribution in [0.25, 0.3) is 0 Å². The third-order valence-electron chi connectivity index (χ3n) is 3.02. The summed E-state index contributed by atoms with van der Waals surface area (Å²) in [4.78, 5) is 0. The molecule has 1 aliphatic carbocycles. The van der Waals surface area contributed by atoms with Gasteiger partial charge in [-0.2, -0.15) is 0 Å². The third-order valence-corrected chi connectivity index (χ3v) is 3.02. The van der Waals surface area contributed by atoms with Crippen LogP contribution < -0.4 is 5.73 Å². The van der Waals surface area contributed by atoms with Gasteiger partial charge in [-0.1, -0.05) is 0 Å². The number of hydrogen-bond acceptors (Lipinski definition) is 2. The molecule has 1 spiro atoms. The van der Waals surface area contributed by atoms with Gasteiger partial charge in [-0.15, -0.1) is 0 Å². The molecule has 1 saturated heterocycles. The molecule has 2 aliphatic rings. The van der Waals surface area contributed by atoms with Crippen LogP contribution in [0.3, 0.4) is 0 Å². The average molecular weight is 172 g/mol. The summed E-state index contributed by atoms with van der Waals surface area (Å²) in [5.74, 6) is 0.